The molecule has 4 nitrogen and oxygen atoms in total. The molecule has 226 valence electrons. The van der Waals surface area contributed by atoms with E-state index in [4.69, 9.17) is 14.4 Å². The molecule has 0 aliphatic rings. The van der Waals surface area contributed by atoms with Crippen molar-refractivity contribution >= 4 is 22.1 Å². The van der Waals surface area contributed by atoms with Crippen LogP contribution >= 0.6 is 0 Å². The summed E-state index contributed by atoms with van der Waals surface area (Å²) in [6, 6.07) is 60.8. The highest BCUT2D eigenvalue weighted by Crippen LogP contribution is 2.37. The van der Waals surface area contributed by atoms with Crippen LogP contribution in [0.2, 0.25) is 0 Å². The summed E-state index contributed by atoms with van der Waals surface area (Å²) in [7, 11) is 0. The van der Waals surface area contributed by atoms with Crippen molar-refractivity contribution < 1.29 is 4.42 Å². The summed E-state index contributed by atoms with van der Waals surface area (Å²) in [6.07, 6.45) is 0. The monoisotopic (exact) mass is 615 g/mol. The highest BCUT2D eigenvalue weighted by Gasteiger charge is 2.17. The Kier molecular flexibility index (Phi) is 6.76. The second-order valence-electron chi connectivity index (χ2n) is 11.9. The van der Waals surface area contributed by atoms with E-state index >= 15 is 0 Å². The molecule has 0 spiro atoms. The van der Waals surface area contributed by atoms with Gasteiger partial charge < -0.3 is 4.42 Å². The standard InChI is InChI=1S/C44H29N3O/c1-4-12-30(13-5-1)36-28-38(33-14-6-2-7-15-33)42-41(29-36)48-44(46-42)35-26-22-32(23-27-35)31-20-24-34(25-21-31)43-45-39-18-10-11-19-40(39)47(43)37-16-8-3-9-17-37/h1-29H. The van der Waals surface area contributed by atoms with Crippen LogP contribution in [-0.4, -0.2) is 14.5 Å². The van der Waals surface area contributed by atoms with Crippen LogP contribution in [0.5, 0.6) is 0 Å². The van der Waals surface area contributed by atoms with Gasteiger partial charge in [-0.1, -0.05) is 127 Å². The zero-order valence-electron chi connectivity index (χ0n) is 26.0. The van der Waals surface area contributed by atoms with Gasteiger partial charge in [-0.3, -0.25) is 4.57 Å². The molecule has 48 heavy (non-hydrogen) atoms. The first-order valence-corrected chi connectivity index (χ1v) is 16.1. The largest absolute Gasteiger partial charge is 0.436 e. The molecule has 7 aromatic carbocycles. The SMILES string of the molecule is c1ccc(-c2cc(-c3ccccc3)c3nc(-c4ccc(-c5ccc(-c6nc7ccccc7n6-c6ccccc6)cc5)cc4)oc3c2)cc1. The summed E-state index contributed by atoms with van der Waals surface area (Å²) >= 11 is 0. The first-order chi connectivity index (χ1) is 23.8. The van der Waals surface area contributed by atoms with Crippen molar-refractivity contribution in [3.8, 4) is 61.9 Å². The van der Waals surface area contributed by atoms with Crippen molar-refractivity contribution in [3.63, 3.8) is 0 Å². The van der Waals surface area contributed by atoms with Crippen LogP contribution in [0.15, 0.2) is 180 Å². The Hall–Kier alpha value is -6.52. The van der Waals surface area contributed by atoms with Crippen LogP contribution in [-0.2, 0) is 0 Å². The molecule has 0 amide bonds. The van der Waals surface area contributed by atoms with Crippen molar-refractivity contribution in [2.75, 3.05) is 0 Å². The molecule has 9 rings (SSSR count). The van der Waals surface area contributed by atoms with Gasteiger partial charge >= 0.3 is 0 Å². The maximum atomic E-state index is 6.44. The predicted octanol–water partition coefficient (Wildman–Crippen LogP) is 11.5. The van der Waals surface area contributed by atoms with E-state index in [1.54, 1.807) is 0 Å². The van der Waals surface area contributed by atoms with Crippen LogP contribution in [0.25, 0.3) is 84.0 Å². The molecule has 0 saturated carbocycles. The molecular weight excluding hydrogens is 587 g/mol. The van der Waals surface area contributed by atoms with E-state index in [0.29, 0.717) is 5.89 Å². The van der Waals surface area contributed by atoms with Gasteiger partial charge in [-0.15, -0.1) is 0 Å². The van der Waals surface area contributed by atoms with E-state index in [0.717, 1.165) is 78.2 Å². The fraction of sp³-hybridized carbons (Fsp3) is 0. The molecule has 2 aromatic heterocycles. The minimum atomic E-state index is 0.606. The fourth-order valence-electron chi connectivity index (χ4n) is 6.46. The maximum absolute atomic E-state index is 6.44. The summed E-state index contributed by atoms with van der Waals surface area (Å²) in [4.78, 5) is 10.0. The predicted molar refractivity (Wildman–Crippen MR) is 196 cm³/mol. The summed E-state index contributed by atoms with van der Waals surface area (Å²) in [5.74, 6) is 1.53. The molecule has 0 bridgehead atoms. The first kappa shape index (κ1) is 27.8. The molecule has 4 heteroatoms. The summed E-state index contributed by atoms with van der Waals surface area (Å²) in [6.45, 7) is 0. The van der Waals surface area contributed by atoms with Crippen LogP contribution in [0.1, 0.15) is 0 Å². The van der Waals surface area contributed by atoms with E-state index < -0.39 is 0 Å². The lowest BCUT2D eigenvalue weighted by molar-refractivity contribution is 0.620. The number of nitrogens with zero attached hydrogens (tertiary/aromatic N) is 3. The number of para-hydroxylation sites is 3. The normalized spacial score (nSPS) is 11.3. The topological polar surface area (TPSA) is 43.9 Å². The molecule has 0 fully saturated rings. The van der Waals surface area contributed by atoms with E-state index in [-0.39, 0.29) is 0 Å². The second-order valence-corrected chi connectivity index (χ2v) is 11.9. The third-order valence-electron chi connectivity index (χ3n) is 8.87. The minimum absolute atomic E-state index is 0.606. The third-order valence-corrected chi connectivity index (χ3v) is 8.87. The number of rotatable bonds is 6. The number of fused-ring (bicyclic) bond motifs is 2. The molecular formula is C44H29N3O. The number of benzene rings is 7. The van der Waals surface area contributed by atoms with Crippen LogP contribution in [0.4, 0.5) is 0 Å². The molecule has 0 radical (unpaired) electrons. The Bertz CT molecular complexity index is 2510. The first-order valence-electron chi connectivity index (χ1n) is 16.1. The van der Waals surface area contributed by atoms with E-state index in [1.165, 1.54) is 0 Å². The minimum Gasteiger partial charge on any atom is -0.436 e. The van der Waals surface area contributed by atoms with Gasteiger partial charge in [0.15, 0.2) is 5.58 Å². The maximum Gasteiger partial charge on any atom is 0.227 e. The number of oxazole rings is 1. The third kappa shape index (κ3) is 4.97. The molecule has 0 aliphatic carbocycles. The van der Waals surface area contributed by atoms with E-state index in [9.17, 15) is 0 Å². The lowest BCUT2D eigenvalue weighted by Gasteiger charge is -2.10. The Balaban J connectivity index is 1.05. The van der Waals surface area contributed by atoms with E-state index in [2.05, 4.69) is 156 Å². The van der Waals surface area contributed by atoms with Crippen LogP contribution < -0.4 is 0 Å². The van der Waals surface area contributed by atoms with Gasteiger partial charge in [0.25, 0.3) is 0 Å². The Morgan fingerprint density at radius 1 is 0.417 bits per heavy atom. The van der Waals surface area contributed by atoms with E-state index in [1.807, 2.05) is 24.3 Å². The van der Waals surface area contributed by atoms with Crippen molar-refractivity contribution in [3.05, 3.63) is 176 Å². The summed E-state index contributed by atoms with van der Waals surface area (Å²) < 4.78 is 8.67. The molecule has 0 atom stereocenters. The van der Waals surface area contributed by atoms with Gasteiger partial charge in [-0.25, -0.2) is 9.97 Å². The summed E-state index contributed by atoms with van der Waals surface area (Å²) in [5.41, 5.74) is 13.4. The lowest BCUT2D eigenvalue weighted by Crippen LogP contribution is -1.97. The molecule has 0 aliphatic heterocycles. The lowest BCUT2D eigenvalue weighted by atomic mass is 9.98. The van der Waals surface area contributed by atoms with Crippen molar-refractivity contribution in [2.45, 2.75) is 0 Å². The van der Waals surface area contributed by atoms with Gasteiger partial charge in [-0.2, -0.15) is 0 Å². The zero-order chi connectivity index (χ0) is 31.9. The van der Waals surface area contributed by atoms with Gasteiger partial charge in [0.05, 0.1) is 11.0 Å². The number of hydrogen-bond acceptors (Lipinski definition) is 3. The van der Waals surface area contributed by atoms with Crippen molar-refractivity contribution in [2.24, 2.45) is 0 Å². The highest BCUT2D eigenvalue weighted by molar-refractivity contribution is 5.96. The number of hydrogen-bond donors (Lipinski definition) is 0. The second kappa shape index (κ2) is 11.7. The molecule has 0 unspecified atom stereocenters. The average molecular weight is 616 g/mol. The average Bonchev–Trinajstić information content (AvgIpc) is 3.78. The highest BCUT2D eigenvalue weighted by atomic mass is 16.3. The van der Waals surface area contributed by atoms with Gasteiger partial charge in [0, 0.05) is 22.4 Å². The van der Waals surface area contributed by atoms with Gasteiger partial charge in [0.2, 0.25) is 5.89 Å². The van der Waals surface area contributed by atoms with Crippen LogP contribution in [0, 0.1) is 0 Å². The fourth-order valence-corrected chi connectivity index (χ4v) is 6.46. The molecule has 0 N–H and O–H groups in total. The molecule has 0 saturated heterocycles. The van der Waals surface area contributed by atoms with Gasteiger partial charge in [-0.05, 0) is 76.3 Å². The molecule has 9 aromatic rings. The Labute approximate surface area is 278 Å². The molecule has 2 heterocycles. The van der Waals surface area contributed by atoms with Crippen molar-refractivity contribution in [1.29, 1.82) is 0 Å². The van der Waals surface area contributed by atoms with Crippen molar-refractivity contribution in [1.82, 2.24) is 14.5 Å². The zero-order valence-corrected chi connectivity index (χ0v) is 26.0. The Morgan fingerprint density at radius 3 is 1.65 bits per heavy atom. The van der Waals surface area contributed by atoms with Gasteiger partial charge in [0.1, 0.15) is 11.3 Å². The van der Waals surface area contributed by atoms with Crippen LogP contribution in [0.3, 0.4) is 0 Å². The smallest absolute Gasteiger partial charge is 0.227 e. The Morgan fingerprint density at radius 2 is 0.958 bits per heavy atom. The number of aromatic nitrogens is 3. The number of imidazole rings is 1. The summed E-state index contributed by atoms with van der Waals surface area (Å²) in [5, 5.41) is 0. The quantitative estimate of drug-likeness (QED) is 0.187.